The summed E-state index contributed by atoms with van der Waals surface area (Å²) < 4.78 is 0. The van der Waals surface area contributed by atoms with Crippen molar-refractivity contribution in [3.05, 3.63) is 65.0 Å². The average molecular weight is 356 g/mol. The Morgan fingerprint density at radius 2 is 2.15 bits per heavy atom. The van der Waals surface area contributed by atoms with E-state index in [-0.39, 0.29) is 11.9 Å². The van der Waals surface area contributed by atoms with Gasteiger partial charge in [-0.05, 0) is 60.7 Å². The van der Waals surface area contributed by atoms with Crippen molar-refractivity contribution in [1.29, 1.82) is 5.26 Å². The molecule has 2 aromatic carbocycles. The number of rotatable bonds is 1. The maximum absolute atomic E-state index is 13.4. The molecule has 134 valence electrons. The van der Waals surface area contributed by atoms with Crippen molar-refractivity contribution < 1.29 is 4.79 Å². The SMILES string of the molecule is N#Cc1ccc2c(c1)C1CCCCN(C(=O)c3ccc4nc[nH]c4c3)C1C2. The van der Waals surface area contributed by atoms with Crippen LogP contribution in [0.3, 0.4) is 0 Å². The first-order chi connectivity index (χ1) is 13.2. The number of H-pyrrole nitrogens is 1. The van der Waals surface area contributed by atoms with Crippen LogP contribution in [0.25, 0.3) is 11.0 Å². The smallest absolute Gasteiger partial charge is 0.254 e. The van der Waals surface area contributed by atoms with Gasteiger partial charge in [0.15, 0.2) is 0 Å². The predicted octanol–water partition coefficient (Wildman–Crippen LogP) is 3.77. The molecule has 1 fully saturated rings. The van der Waals surface area contributed by atoms with Gasteiger partial charge in [0.25, 0.3) is 5.91 Å². The van der Waals surface area contributed by atoms with E-state index in [0.717, 1.165) is 43.3 Å². The van der Waals surface area contributed by atoms with Crippen molar-refractivity contribution >= 4 is 16.9 Å². The fourth-order valence-electron chi connectivity index (χ4n) is 4.74. The molecule has 5 heteroatoms. The van der Waals surface area contributed by atoms with Crippen molar-refractivity contribution in [2.45, 2.75) is 37.6 Å². The number of nitriles is 1. The highest BCUT2D eigenvalue weighted by Gasteiger charge is 2.39. The average Bonchev–Trinajstić information content (AvgIpc) is 3.25. The van der Waals surface area contributed by atoms with Crippen molar-refractivity contribution in [3.63, 3.8) is 0 Å². The van der Waals surface area contributed by atoms with Crippen LogP contribution in [-0.2, 0) is 6.42 Å². The predicted molar refractivity (Wildman–Crippen MR) is 102 cm³/mol. The van der Waals surface area contributed by atoms with Crippen LogP contribution in [0.2, 0.25) is 0 Å². The quantitative estimate of drug-likeness (QED) is 0.721. The van der Waals surface area contributed by atoms with E-state index in [1.54, 1.807) is 6.33 Å². The first-order valence-electron chi connectivity index (χ1n) is 9.51. The molecule has 0 bridgehead atoms. The van der Waals surface area contributed by atoms with Crippen molar-refractivity contribution in [2.75, 3.05) is 6.54 Å². The summed E-state index contributed by atoms with van der Waals surface area (Å²) in [4.78, 5) is 22.8. The van der Waals surface area contributed by atoms with Crippen LogP contribution in [0.15, 0.2) is 42.7 Å². The standard InChI is InChI=1S/C22H20N4O/c23-12-14-4-5-15-11-21-17(18(15)9-14)3-1-2-8-26(21)22(27)16-6-7-19-20(10-16)25-13-24-19/h4-7,9-10,13,17,21H,1-3,8,11H2,(H,24,25). The van der Waals surface area contributed by atoms with E-state index in [1.165, 1.54) is 11.1 Å². The lowest BCUT2D eigenvalue weighted by Gasteiger charge is -2.31. The number of carbonyl (C=O) groups is 1. The van der Waals surface area contributed by atoms with Gasteiger partial charge in [-0.2, -0.15) is 5.26 Å². The molecule has 1 aliphatic carbocycles. The zero-order valence-electron chi connectivity index (χ0n) is 15.0. The fraction of sp³-hybridized carbons (Fsp3) is 0.318. The second-order valence-corrected chi connectivity index (χ2v) is 7.53. The van der Waals surface area contributed by atoms with Crippen LogP contribution in [0.4, 0.5) is 0 Å². The van der Waals surface area contributed by atoms with Crippen LogP contribution in [0, 0.1) is 11.3 Å². The third-order valence-electron chi connectivity index (χ3n) is 6.06. The van der Waals surface area contributed by atoms with E-state index in [0.29, 0.717) is 17.0 Å². The van der Waals surface area contributed by atoms with E-state index in [4.69, 9.17) is 0 Å². The van der Waals surface area contributed by atoms with E-state index in [9.17, 15) is 10.1 Å². The largest absolute Gasteiger partial charge is 0.345 e. The third-order valence-corrected chi connectivity index (χ3v) is 6.06. The summed E-state index contributed by atoms with van der Waals surface area (Å²) in [6, 6.07) is 14.1. The summed E-state index contributed by atoms with van der Waals surface area (Å²) in [7, 11) is 0. The van der Waals surface area contributed by atoms with Gasteiger partial charge in [0, 0.05) is 24.1 Å². The molecule has 5 nitrogen and oxygen atoms in total. The summed E-state index contributed by atoms with van der Waals surface area (Å²) in [6.07, 6.45) is 5.75. The first kappa shape index (κ1) is 16.1. The highest BCUT2D eigenvalue weighted by atomic mass is 16.2. The summed E-state index contributed by atoms with van der Waals surface area (Å²) in [5.41, 5.74) is 5.73. The molecule has 27 heavy (non-hydrogen) atoms. The molecule has 0 radical (unpaired) electrons. The normalized spacial score (nSPS) is 21.4. The van der Waals surface area contributed by atoms with Crippen molar-refractivity contribution in [1.82, 2.24) is 14.9 Å². The molecule has 1 saturated heterocycles. The maximum atomic E-state index is 13.4. The molecular weight excluding hydrogens is 336 g/mol. The van der Waals surface area contributed by atoms with E-state index < -0.39 is 0 Å². The number of aromatic nitrogens is 2. The number of nitrogens with one attached hydrogen (secondary N) is 1. The van der Waals surface area contributed by atoms with Gasteiger partial charge in [0.1, 0.15) is 0 Å². The Labute approximate surface area is 157 Å². The summed E-state index contributed by atoms with van der Waals surface area (Å²) in [5.74, 6) is 0.423. The zero-order chi connectivity index (χ0) is 18.4. The van der Waals surface area contributed by atoms with Crippen LogP contribution in [0.5, 0.6) is 0 Å². The van der Waals surface area contributed by atoms with Crippen molar-refractivity contribution in [2.24, 2.45) is 0 Å². The topological polar surface area (TPSA) is 72.8 Å². The maximum Gasteiger partial charge on any atom is 0.254 e. The molecule has 2 unspecified atom stereocenters. The number of benzene rings is 2. The van der Waals surface area contributed by atoms with E-state index in [1.807, 2.05) is 30.3 Å². The Morgan fingerprint density at radius 3 is 3.04 bits per heavy atom. The number of imidazole rings is 1. The molecule has 2 atom stereocenters. The Morgan fingerprint density at radius 1 is 1.22 bits per heavy atom. The molecular formula is C22H20N4O. The lowest BCUT2D eigenvalue weighted by Crippen LogP contribution is -2.42. The fourth-order valence-corrected chi connectivity index (χ4v) is 4.74. The number of nitrogens with zero attached hydrogens (tertiary/aromatic N) is 3. The number of carbonyl (C=O) groups excluding carboxylic acids is 1. The number of hydrogen-bond acceptors (Lipinski definition) is 3. The molecule has 1 aliphatic heterocycles. The third kappa shape index (κ3) is 2.60. The molecule has 1 N–H and O–H groups in total. The second-order valence-electron chi connectivity index (χ2n) is 7.53. The van der Waals surface area contributed by atoms with Gasteiger partial charge in [-0.15, -0.1) is 0 Å². The van der Waals surface area contributed by atoms with Gasteiger partial charge in [-0.1, -0.05) is 12.5 Å². The minimum absolute atomic E-state index is 0.0942. The minimum Gasteiger partial charge on any atom is -0.345 e. The van der Waals surface area contributed by atoms with Gasteiger partial charge < -0.3 is 9.88 Å². The van der Waals surface area contributed by atoms with Crippen LogP contribution in [-0.4, -0.2) is 33.4 Å². The number of hydrogen-bond donors (Lipinski definition) is 1. The lowest BCUT2D eigenvalue weighted by atomic mass is 9.92. The molecule has 2 aliphatic rings. The summed E-state index contributed by atoms with van der Waals surface area (Å²) >= 11 is 0. The highest BCUT2D eigenvalue weighted by Crippen LogP contribution is 2.42. The summed E-state index contributed by atoms with van der Waals surface area (Å²) in [6.45, 7) is 0.792. The Balaban J connectivity index is 1.50. The molecule has 1 amide bonds. The Kier molecular flexibility index (Phi) is 3.71. The molecule has 5 rings (SSSR count). The Hall–Kier alpha value is -3.13. The zero-order valence-corrected chi connectivity index (χ0v) is 15.0. The number of likely N-dealkylation sites (tertiary alicyclic amines) is 1. The molecule has 0 spiro atoms. The highest BCUT2D eigenvalue weighted by molar-refractivity contribution is 5.97. The van der Waals surface area contributed by atoms with Crippen LogP contribution < -0.4 is 0 Å². The molecule has 2 heterocycles. The van der Waals surface area contributed by atoms with Gasteiger partial charge in [-0.25, -0.2) is 4.98 Å². The Bertz CT molecular complexity index is 1080. The van der Waals surface area contributed by atoms with Crippen LogP contribution >= 0.6 is 0 Å². The van der Waals surface area contributed by atoms with Gasteiger partial charge in [0.2, 0.25) is 0 Å². The minimum atomic E-state index is 0.0942. The van der Waals surface area contributed by atoms with Gasteiger partial charge >= 0.3 is 0 Å². The van der Waals surface area contributed by atoms with E-state index >= 15 is 0 Å². The molecule has 0 saturated carbocycles. The molecule has 1 aromatic heterocycles. The van der Waals surface area contributed by atoms with Gasteiger partial charge in [-0.3, -0.25) is 4.79 Å². The van der Waals surface area contributed by atoms with Crippen LogP contribution in [0.1, 0.15) is 52.2 Å². The molecule has 3 aromatic rings. The lowest BCUT2D eigenvalue weighted by molar-refractivity contribution is 0.0676. The number of fused-ring (bicyclic) bond motifs is 4. The van der Waals surface area contributed by atoms with Gasteiger partial charge in [0.05, 0.1) is 29.0 Å². The second kappa shape index (κ2) is 6.24. The first-order valence-corrected chi connectivity index (χ1v) is 9.51. The van der Waals surface area contributed by atoms with E-state index in [2.05, 4.69) is 27.0 Å². The number of aromatic amines is 1. The van der Waals surface area contributed by atoms with Crippen molar-refractivity contribution in [3.8, 4) is 6.07 Å². The monoisotopic (exact) mass is 356 g/mol. The number of amides is 1. The summed E-state index contributed by atoms with van der Waals surface area (Å²) in [5, 5.41) is 9.26.